The minimum absolute atomic E-state index is 0.123. The molecular formula is C5H11N3OS2. The number of hydrazone groups is 1. The Balaban J connectivity index is 4.04. The summed E-state index contributed by atoms with van der Waals surface area (Å²) in [5.74, 6) is 0. The van der Waals surface area contributed by atoms with Gasteiger partial charge < -0.3 is 5.73 Å². The van der Waals surface area contributed by atoms with E-state index in [2.05, 4.69) is 5.10 Å². The predicted molar refractivity (Wildman–Crippen MR) is 51.8 cm³/mol. The Morgan fingerprint density at radius 2 is 2.00 bits per heavy atom. The molecule has 0 radical (unpaired) electrons. The summed E-state index contributed by atoms with van der Waals surface area (Å²) in [6.45, 7) is 0. The van der Waals surface area contributed by atoms with Crippen LogP contribution in [0.5, 0.6) is 0 Å². The quantitative estimate of drug-likeness (QED) is 0.383. The van der Waals surface area contributed by atoms with Gasteiger partial charge in [0, 0.05) is 7.05 Å². The lowest BCUT2D eigenvalue weighted by molar-refractivity contribution is 0.235. The molecule has 0 aromatic heterocycles. The van der Waals surface area contributed by atoms with E-state index in [9.17, 15) is 4.79 Å². The molecule has 0 rings (SSSR count). The van der Waals surface area contributed by atoms with Crippen molar-refractivity contribution in [2.75, 3.05) is 19.6 Å². The molecule has 0 atom stereocenters. The van der Waals surface area contributed by atoms with Crippen molar-refractivity contribution in [3.63, 3.8) is 0 Å². The highest BCUT2D eigenvalue weighted by Crippen LogP contribution is 2.03. The van der Waals surface area contributed by atoms with Gasteiger partial charge in [0.15, 0.2) is 5.17 Å². The Bertz CT molecular complexity index is 171. The normalized spacial score (nSPS) is 11.4. The van der Waals surface area contributed by atoms with Gasteiger partial charge in [0.05, 0.1) is 0 Å². The number of rotatable bonds is 1. The Labute approximate surface area is 74.6 Å². The van der Waals surface area contributed by atoms with E-state index in [1.165, 1.54) is 16.8 Å². The number of amidine groups is 1. The molecule has 0 aliphatic rings. The largest absolute Gasteiger partial charge is 0.377 e. The minimum atomic E-state index is -0.123. The average Bonchev–Trinajstić information content (AvgIpc) is 2.02. The third kappa shape index (κ3) is 4.15. The van der Waals surface area contributed by atoms with Crippen molar-refractivity contribution >= 4 is 33.9 Å². The number of hydrogen-bond donors (Lipinski definition) is 1. The van der Waals surface area contributed by atoms with Crippen molar-refractivity contribution in [3.8, 4) is 0 Å². The summed E-state index contributed by atoms with van der Waals surface area (Å²) in [6, 6.07) is 0. The number of carbonyl (C=O) groups excluding carboxylic acids is 1. The van der Waals surface area contributed by atoms with E-state index in [0.29, 0.717) is 5.17 Å². The first-order valence-corrected chi connectivity index (χ1v) is 5.26. The Morgan fingerprint density at radius 3 is 2.36 bits per heavy atom. The smallest absolute Gasteiger partial charge is 0.301 e. The zero-order valence-corrected chi connectivity index (χ0v) is 8.33. The Kier molecular flexibility index (Phi) is 5.14. The van der Waals surface area contributed by atoms with Crippen molar-refractivity contribution in [1.82, 2.24) is 5.01 Å². The molecule has 0 bridgehead atoms. The number of hydrogen-bond acceptors (Lipinski definition) is 4. The van der Waals surface area contributed by atoms with Crippen LogP contribution in [0.4, 0.5) is 4.79 Å². The number of amides is 1. The van der Waals surface area contributed by atoms with Crippen LogP contribution in [-0.4, -0.2) is 35.0 Å². The van der Waals surface area contributed by atoms with Crippen LogP contribution in [0.1, 0.15) is 0 Å². The van der Waals surface area contributed by atoms with Gasteiger partial charge in [-0.25, -0.2) is 5.01 Å². The fraction of sp³-hybridized carbons (Fsp3) is 0.600. The molecule has 0 saturated heterocycles. The van der Waals surface area contributed by atoms with Crippen LogP contribution in [-0.2, 0) is 0 Å². The predicted octanol–water partition coefficient (Wildman–Crippen LogP) is 0.994. The molecule has 0 spiro atoms. The van der Waals surface area contributed by atoms with Gasteiger partial charge in [-0.2, -0.15) is 0 Å². The molecule has 4 nitrogen and oxygen atoms in total. The molecule has 0 aromatic rings. The van der Waals surface area contributed by atoms with Gasteiger partial charge >= 0.3 is 5.24 Å². The van der Waals surface area contributed by atoms with Crippen molar-refractivity contribution in [2.24, 2.45) is 10.8 Å². The summed E-state index contributed by atoms with van der Waals surface area (Å²) >= 11 is 2.41. The van der Waals surface area contributed by atoms with Gasteiger partial charge in [-0.3, -0.25) is 4.79 Å². The Morgan fingerprint density at radius 1 is 1.45 bits per heavy atom. The van der Waals surface area contributed by atoms with Crippen LogP contribution >= 0.6 is 23.5 Å². The summed E-state index contributed by atoms with van der Waals surface area (Å²) < 4.78 is 0. The van der Waals surface area contributed by atoms with E-state index in [1.807, 2.05) is 0 Å². The molecule has 0 aromatic carbocycles. The first-order valence-electron chi connectivity index (χ1n) is 2.81. The number of thioether (sulfide) groups is 2. The van der Waals surface area contributed by atoms with Gasteiger partial charge in [-0.05, 0) is 12.5 Å². The first-order chi connectivity index (χ1) is 5.11. The van der Waals surface area contributed by atoms with Crippen molar-refractivity contribution in [1.29, 1.82) is 0 Å². The molecule has 64 valence electrons. The van der Waals surface area contributed by atoms with E-state index in [0.717, 1.165) is 11.8 Å². The average molecular weight is 193 g/mol. The second-order valence-corrected chi connectivity index (χ2v) is 3.22. The van der Waals surface area contributed by atoms with E-state index in [1.54, 1.807) is 19.6 Å². The minimum Gasteiger partial charge on any atom is -0.377 e. The number of nitrogens with two attached hydrogens (primary N) is 1. The maximum Gasteiger partial charge on any atom is 0.301 e. The van der Waals surface area contributed by atoms with Crippen molar-refractivity contribution < 1.29 is 4.79 Å². The van der Waals surface area contributed by atoms with Crippen LogP contribution in [0.15, 0.2) is 5.10 Å². The van der Waals surface area contributed by atoms with Gasteiger partial charge in [0.25, 0.3) is 0 Å². The van der Waals surface area contributed by atoms with Gasteiger partial charge in [-0.15, -0.1) is 5.10 Å². The first kappa shape index (κ1) is 10.6. The van der Waals surface area contributed by atoms with Gasteiger partial charge in [-0.1, -0.05) is 23.5 Å². The molecule has 11 heavy (non-hydrogen) atoms. The monoisotopic (exact) mass is 193 g/mol. The standard InChI is InChI=1S/C5H11N3OS2/c1-8(5(9)11-3)7-4(6)10-2/h1-3H3,(H2,6,7). The van der Waals surface area contributed by atoms with E-state index in [4.69, 9.17) is 5.73 Å². The molecule has 0 fully saturated rings. The lowest BCUT2D eigenvalue weighted by Gasteiger charge is -2.08. The third-order valence-electron chi connectivity index (χ3n) is 0.897. The fourth-order valence-corrected chi connectivity index (χ4v) is 0.871. The second-order valence-electron chi connectivity index (χ2n) is 1.64. The van der Waals surface area contributed by atoms with Crippen molar-refractivity contribution in [3.05, 3.63) is 0 Å². The summed E-state index contributed by atoms with van der Waals surface area (Å²) in [5, 5.41) is 5.27. The second kappa shape index (κ2) is 5.31. The highest BCUT2D eigenvalue weighted by molar-refractivity contribution is 8.13. The van der Waals surface area contributed by atoms with Gasteiger partial charge in [0.2, 0.25) is 0 Å². The van der Waals surface area contributed by atoms with Crippen LogP contribution in [0, 0.1) is 0 Å². The number of carbonyl (C=O) groups is 1. The SMILES string of the molecule is CSC(=O)N(C)/N=C(\N)SC. The highest BCUT2D eigenvalue weighted by atomic mass is 32.2. The summed E-state index contributed by atoms with van der Waals surface area (Å²) in [4.78, 5) is 10.9. The van der Waals surface area contributed by atoms with Crippen LogP contribution < -0.4 is 5.73 Å². The molecule has 6 heteroatoms. The maximum absolute atomic E-state index is 10.9. The summed E-state index contributed by atoms with van der Waals surface area (Å²) in [7, 11) is 1.57. The molecule has 0 saturated carbocycles. The lowest BCUT2D eigenvalue weighted by Crippen LogP contribution is -2.20. The molecule has 0 heterocycles. The zero-order chi connectivity index (χ0) is 8.85. The van der Waals surface area contributed by atoms with Gasteiger partial charge in [0.1, 0.15) is 0 Å². The van der Waals surface area contributed by atoms with E-state index < -0.39 is 0 Å². The zero-order valence-electron chi connectivity index (χ0n) is 6.70. The van der Waals surface area contributed by atoms with E-state index >= 15 is 0 Å². The Hall–Kier alpha value is -0.360. The van der Waals surface area contributed by atoms with Crippen molar-refractivity contribution in [2.45, 2.75) is 0 Å². The van der Waals surface area contributed by atoms with E-state index in [-0.39, 0.29) is 5.24 Å². The lowest BCUT2D eigenvalue weighted by atomic mass is 11.1. The maximum atomic E-state index is 10.9. The molecular weight excluding hydrogens is 182 g/mol. The topological polar surface area (TPSA) is 58.7 Å². The molecule has 0 aliphatic carbocycles. The molecule has 2 N–H and O–H groups in total. The highest BCUT2D eigenvalue weighted by Gasteiger charge is 2.04. The summed E-state index contributed by atoms with van der Waals surface area (Å²) in [6.07, 6.45) is 3.50. The third-order valence-corrected chi connectivity index (χ3v) is 2.01. The summed E-state index contributed by atoms with van der Waals surface area (Å²) in [5.41, 5.74) is 5.38. The molecule has 1 amide bonds. The van der Waals surface area contributed by atoms with Crippen LogP contribution in [0.3, 0.4) is 0 Å². The fourth-order valence-electron chi connectivity index (χ4n) is 0.362. The van der Waals surface area contributed by atoms with Crippen LogP contribution in [0.2, 0.25) is 0 Å². The molecule has 0 unspecified atom stereocenters. The molecule has 0 aliphatic heterocycles. The van der Waals surface area contributed by atoms with Crippen LogP contribution in [0.25, 0.3) is 0 Å². The number of nitrogens with zero attached hydrogens (tertiary/aromatic N) is 2.